The van der Waals surface area contributed by atoms with Crippen molar-refractivity contribution in [2.24, 2.45) is 0 Å². The van der Waals surface area contributed by atoms with Crippen LogP contribution < -0.4 is 20.1 Å². The Hall–Kier alpha value is -1.50. The Balaban J connectivity index is 0.00000242. The molecule has 1 unspecified atom stereocenters. The van der Waals surface area contributed by atoms with Crippen LogP contribution in [0.2, 0.25) is 0 Å². The predicted octanol–water partition coefficient (Wildman–Crippen LogP) is 0.991. The number of hydrogen-bond acceptors (Lipinski definition) is 5. The Kier molecular flexibility index (Phi) is 8.65. The van der Waals surface area contributed by atoms with Crippen LogP contribution in [0.15, 0.2) is 24.3 Å². The van der Waals surface area contributed by atoms with Crippen LogP contribution in [0.4, 0.5) is 0 Å². The number of carbonyl (C=O) groups excluding carboxylic acids is 1. The molecule has 1 aromatic rings. The number of methoxy groups -OCH3 is 1. The third kappa shape index (κ3) is 6.09. The average molecular weight is 331 g/mol. The zero-order valence-electron chi connectivity index (χ0n) is 12.7. The summed E-state index contributed by atoms with van der Waals surface area (Å²) in [5.41, 5.74) is 0. The van der Waals surface area contributed by atoms with E-state index in [-0.39, 0.29) is 24.4 Å². The molecule has 2 rings (SSSR count). The molecule has 0 spiro atoms. The summed E-state index contributed by atoms with van der Waals surface area (Å²) in [6.07, 6.45) is 0.374. The zero-order valence-corrected chi connectivity index (χ0v) is 13.5. The minimum Gasteiger partial charge on any atom is -0.497 e. The summed E-state index contributed by atoms with van der Waals surface area (Å²) in [5.74, 6) is 1.53. The molecule has 0 aliphatic carbocycles. The predicted molar refractivity (Wildman–Crippen MR) is 86.0 cm³/mol. The molecule has 0 saturated carbocycles. The fourth-order valence-electron chi connectivity index (χ4n) is 1.99. The fourth-order valence-corrected chi connectivity index (χ4v) is 1.99. The molecular formula is C15H23ClN2O4. The number of carbonyl (C=O) groups is 1. The molecule has 124 valence electrons. The molecule has 1 amide bonds. The van der Waals surface area contributed by atoms with E-state index >= 15 is 0 Å². The van der Waals surface area contributed by atoms with E-state index in [1.807, 2.05) is 24.3 Å². The zero-order chi connectivity index (χ0) is 14.9. The minimum absolute atomic E-state index is 0. The topological polar surface area (TPSA) is 68.8 Å². The lowest BCUT2D eigenvalue weighted by atomic mass is 10.3. The molecule has 6 nitrogen and oxygen atoms in total. The van der Waals surface area contributed by atoms with Crippen molar-refractivity contribution in [3.05, 3.63) is 24.3 Å². The molecule has 7 heteroatoms. The van der Waals surface area contributed by atoms with Gasteiger partial charge in [0.1, 0.15) is 17.6 Å². The Labute approximate surface area is 136 Å². The van der Waals surface area contributed by atoms with E-state index in [0.717, 1.165) is 24.5 Å². The van der Waals surface area contributed by atoms with Gasteiger partial charge < -0.3 is 24.8 Å². The first-order valence-corrected chi connectivity index (χ1v) is 7.16. The third-order valence-corrected chi connectivity index (χ3v) is 3.17. The molecule has 1 atom stereocenters. The maximum Gasteiger partial charge on any atom is 0.250 e. The maximum atomic E-state index is 11.8. The van der Waals surface area contributed by atoms with E-state index in [2.05, 4.69) is 10.6 Å². The molecule has 1 aliphatic rings. The number of ether oxygens (including phenoxy) is 3. The van der Waals surface area contributed by atoms with E-state index < -0.39 is 0 Å². The number of amides is 1. The van der Waals surface area contributed by atoms with Gasteiger partial charge in [0.25, 0.3) is 0 Å². The van der Waals surface area contributed by atoms with Gasteiger partial charge in [0.05, 0.1) is 20.3 Å². The van der Waals surface area contributed by atoms with Gasteiger partial charge in [-0.2, -0.15) is 0 Å². The van der Waals surface area contributed by atoms with Gasteiger partial charge in [-0.05, 0) is 30.7 Å². The molecule has 1 fully saturated rings. The van der Waals surface area contributed by atoms with Crippen LogP contribution in [0.5, 0.6) is 11.5 Å². The number of rotatable bonds is 7. The second-order valence-electron chi connectivity index (χ2n) is 4.73. The van der Waals surface area contributed by atoms with Crippen LogP contribution in [-0.4, -0.2) is 52.0 Å². The van der Waals surface area contributed by atoms with Crippen LogP contribution >= 0.6 is 12.4 Å². The van der Waals surface area contributed by atoms with Crippen molar-refractivity contribution < 1.29 is 19.0 Å². The fraction of sp³-hybridized carbons (Fsp3) is 0.533. The highest BCUT2D eigenvalue weighted by atomic mass is 35.5. The molecule has 1 aliphatic heterocycles. The molecule has 0 radical (unpaired) electrons. The van der Waals surface area contributed by atoms with Gasteiger partial charge >= 0.3 is 0 Å². The third-order valence-electron chi connectivity index (χ3n) is 3.17. The molecule has 0 aromatic heterocycles. The first kappa shape index (κ1) is 18.5. The van der Waals surface area contributed by atoms with Gasteiger partial charge in [0.2, 0.25) is 5.91 Å². The average Bonchev–Trinajstić information content (AvgIpc) is 2.55. The number of hydrogen-bond donors (Lipinski definition) is 2. The van der Waals surface area contributed by atoms with Gasteiger partial charge in [-0.25, -0.2) is 0 Å². The maximum absolute atomic E-state index is 11.8. The Morgan fingerprint density at radius 1 is 1.36 bits per heavy atom. The van der Waals surface area contributed by atoms with Crippen LogP contribution in [-0.2, 0) is 9.53 Å². The summed E-state index contributed by atoms with van der Waals surface area (Å²) >= 11 is 0. The van der Waals surface area contributed by atoms with Crippen LogP contribution in [0.1, 0.15) is 6.42 Å². The van der Waals surface area contributed by atoms with E-state index in [1.165, 1.54) is 0 Å². The SMILES string of the molecule is COc1ccc(OCCCNC(=O)C2CNCCO2)cc1.Cl. The van der Waals surface area contributed by atoms with Gasteiger partial charge in [0.15, 0.2) is 0 Å². The molecule has 22 heavy (non-hydrogen) atoms. The van der Waals surface area contributed by atoms with Gasteiger partial charge in [0, 0.05) is 19.6 Å². The van der Waals surface area contributed by atoms with Crippen LogP contribution in [0.25, 0.3) is 0 Å². The van der Waals surface area contributed by atoms with Crippen molar-refractivity contribution in [1.82, 2.24) is 10.6 Å². The van der Waals surface area contributed by atoms with Crippen molar-refractivity contribution in [2.45, 2.75) is 12.5 Å². The summed E-state index contributed by atoms with van der Waals surface area (Å²) in [6, 6.07) is 7.42. The lowest BCUT2D eigenvalue weighted by Gasteiger charge is -2.22. The van der Waals surface area contributed by atoms with Crippen molar-refractivity contribution in [1.29, 1.82) is 0 Å². The standard InChI is InChI=1S/C15H22N2O4.ClH/c1-19-12-3-5-13(6-4-12)20-9-2-7-17-15(18)14-11-16-8-10-21-14;/h3-6,14,16H,2,7-11H2,1H3,(H,17,18);1H. The molecule has 1 heterocycles. The normalized spacial score (nSPS) is 17.2. The smallest absolute Gasteiger partial charge is 0.250 e. The van der Waals surface area contributed by atoms with Gasteiger partial charge in [-0.15, -0.1) is 12.4 Å². The monoisotopic (exact) mass is 330 g/mol. The molecule has 1 saturated heterocycles. The van der Waals surface area contributed by atoms with E-state index in [0.29, 0.717) is 26.3 Å². The van der Waals surface area contributed by atoms with Gasteiger partial charge in [-0.1, -0.05) is 0 Å². The Morgan fingerprint density at radius 2 is 2.09 bits per heavy atom. The summed E-state index contributed by atoms with van der Waals surface area (Å²) in [5, 5.41) is 5.98. The largest absolute Gasteiger partial charge is 0.497 e. The molecular weight excluding hydrogens is 308 g/mol. The van der Waals surface area contributed by atoms with Crippen LogP contribution in [0.3, 0.4) is 0 Å². The van der Waals surface area contributed by atoms with Crippen molar-refractivity contribution in [2.75, 3.05) is 40.0 Å². The number of morpholine rings is 1. The van der Waals surface area contributed by atoms with Crippen molar-refractivity contribution in [3.63, 3.8) is 0 Å². The first-order valence-electron chi connectivity index (χ1n) is 7.16. The highest BCUT2D eigenvalue weighted by Crippen LogP contribution is 2.16. The summed E-state index contributed by atoms with van der Waals surface area (Å²) in [4.78, 5) is 11.8. The van der Waals surface area contributed by atoms with E-state index in [1.54, 1.807) is 7.11 Å². The second-order valence-corrected chi connectivity index (χ2v) is 4.73. The second kappa shape index (κ2) is 10.3. The molecule has 1 aromatic carbocycles. The lowest BCUT2D eigenvalue weighted by molar-refractivity contribution is -0.134. The summed E-state index contributed by atoms with van der Waals surface area (Å²) in [6.45, 7) is 3.09. The molecule has 0 bridgehead atoms. The van der Waals surface area contributed by atoms with Crippen LogP contribution in [0, 0.1) is 0 Å². The highest BCUT2D eigenvalue weighted by Gasteiger charge is 2.20. The quantitative estimate of drug-likeness (QED) is 0.730. The summed E-state index contributed by atoms with van der Waals surface area (Å²) < 4.78 is 16.0. The lowest BCUT2D eigenvalue weighted by Crippen LogP contribution is -2.48. The Morgan fingerprint density at radius 3 is 2.73 bits per heavy atom. The highest BCUT2D eigenvalue weighted by molar-refractivity contribution is 5.85. The number of benzene rings is 1. The van der Waals surface area contributed by atoms with Gasteiger partial charge in [-0.3, -0.25) is 4.79 Å². The first-order chi connectivity index (χ1) is 10.3. The van der Waals surface area contributed by atoms with Crippen molar-refractivity contribution >= 4 is 18.3 Å². The van der Waals surface area contributed by atoms with E-state index in [4.69, 9.17) is 14.2 Å². The summed E-state index contributed by atoms with van der Waals surface area (Å²) in [7, 11) is 1.63. The van der Waals surface area contributed by atoms with Crippen molar-refractivity contribution in [3.8, 4) is 11.5 Å². The number of halogens is 1. The molecule has 2 N–H and O–H groups in total. The number of nitrogens with one attached hydrogen (secondary N) is 2. The van der Waals surface area contributed by atoms with E-state index in [9.17, 15) is 4.79 Å². The Bertz CT molecular complexity index is 436. The minimum atomic E-state index is -0.374.